The Hall–Kier alpha value is -1.97. The number of halogens is 1. The van der Waals surface area contributed by atoms with Crippen LogP contribution in [-0.4, -0.2) is 48.7 Å². The first-order chi connectivity index (χ1) is 10.6. The minimum atomic E-state index is -0.663. The van der Waals surface area contributed by atoms with E-state index < -0.39 is 11.7 Å². The number of nitrogens with zero attached hydrogens (tertiary/aromatic N) is 2. The number of benzene rings is 1. The molecule has 0 spiro atoms. The van der Waals surface area contributed by atoms with Gasteiger partial charge >= 0.3 is 0 Å². The van der Waals surface area contributed by atoms with Gasteiger partial charge in [0.25, 0.3) is 5.91 Å². The lowest BCUT2D eigenvalue weighted by atomic mass is 10.1. The van der Waals surface area contributed by atoms with E-state index in [9.17, 15) is 9.18 Å². The van der Waals surface area contributed by atoms with Crippen LogP contribution in [0.5, 0.6) is 0 Å². The maximum absolute atomic E-state index is 13.9. The molecule has 6 heteroatoms. The maximum Gasteiger partial charge on any atom is 0.254 e. The second-order valence-electron chi connectivity index (χ2n) is 5.96. The summed E-state index contributed by atoms with van der Waals surface area (Å²) in [5.41, 5.74) is 0.187. The summed E-state index contributed by atoms with van der Waals surface area (Å²) in [6.07, 6.45) is 1.03. The Morgan fingerprint density at radius 1 is 1.50 bits per heavy atom. The molecule has 22 heavy (non-hydrogen) atoms. The normalized spacial score (nSPS) is 28.0. The number of nitriles is 1. The van der Waals surface area contributed by atoms with Crippen LogP contribution in [0.1, 0.15) is 29.3 Å². The Morgan fingerprint density at radius 3 is 3.05 bits per heavy atom. The van der Waals surface area contributed by atoms with E-state index in [1.807, 2.05) is 13.0 Å². The lowest BCUT2D eigenvalue weighted by Gasteiger charge is -2.33. The van der Waals surface area contributed by atoms with E-state index in [-0.39, 0.29) is 23.3 Å². The van der Waals surface area contributed by atoms with Gasteiger partial charge in [-0.15, -0.1) is 0 Å². The molecule has 1 aromatic rings. The Bertz CT molecular complexity index is 628. The number of fused-ring (bicyclic) bond motifs is 1. The van der Waals surface area contributed by atoms with Gasteiger partial charge in [0, 0.05) is 25.2 Å². The van der Waals surface area contributed by atoms with Gasteiger partial charge in [0.1, 0.15) is 5.82 Å². The SMILES string of the molecule is C[C@@H]1CN2C[C@@H](NC(=O)c3ccc(C#N)cc3F)C[C@H]2CO1. The fourth-order valence-electron chi connectivity index (χ4n) is 3.18. The summed E-state index contributed by atoms with van der Waals surface area (Å²) in [6, 6.07) is 6.07. The Kier molecular flexibility index (Phi) is 4.10. The molecule has 3 rings (SSSR count). The van der Waals surface area contributed by atoms with Gasteiger partial charge in [0.15, 0.2) is 0 Å². The Labute approximate surface area is 128 Å². The van der Waals surface area contributed by atoms with Crippen LogP contribution in [0.15, 0.2) is 18.2 Å². The first-order valence-corrected chi connectivity index (χ1v) is 7.43. The lowest BCUT2D eigenvalue weighted by molar-refractivity contribution is -0.0390. The number of morpholine rings is 1. The fraction of sp³-hybridized carbons (Fsp3) is 0.500. The predicted octanol–water partition coefficient (Wildman–Crippen LogP) is 1.29. The highest BCUT2D eigenvalue weighted by Crippen LogP contribution is 2.23. The van der Waals surface area contributed by atoms with E-state index in [0.717, 1.165) is 25.6 Å². The molecule has 2 aliphatic heterocycles. The second-order valence-corrected chi connectivity index (χ2v) is 5.96. The summed E-state index contributed by atoms with van der Waals surface area (Å²) in [5, 5.41) is 11.6. The van der Waals surface area contributed by atoms with Gasteiger partial charge < -0.3 is 10.1 Å². The van der Waals surface area contributed by atoms with Crippen LogP contribution in [0.3, 0.4) is 0 Å². The topological polar surface area (TPSA) is 65.4 Å². The number of carbonyl (C=O) groups excluding carboxylic acids is 1. The molecule has 0 aliphatic carbocycles. The van der Waals surface area contributed by atoms with Crippen LogP contribution in [0.25, 0.3) is 0 Å². The average Bonchev–Trinajstić information content (AvgIpc) is 2.88. The number of hydrogen-bond donors (Lipinski definition) is 1. The molecule has 0 aromatic heterocycles. The van der Waals surface area contributed by atoms with Crippen LogP contribution >= 0.6 is 0 Å². The van der Waals surface area contributed by atoms with Crippen molar-refractivity contribution < 1.29 is 13.9 Å². The number of nitrogens with one attached hydrogen (secondary N) is 1. The lowest BCUT2D eigenvalue weighted by Crippen LogP contribution is -2.45. The summed E-state index contributed by atoms with van der Waals surface area (Å²) >= 11 is 0. The van der Waals surface area contributed by atoms with Gasteiger partial charge in [-0.1, -0.05) is 0 Å². The number of carbonyl (C=O) groups is 1. The zero-order valence-corrected chi connectivity index (χ0v) is 12.4. The molecular formula is C16H18FN3O2. The van der Waals surface area contributed by atoms with Crippen molar-refractivity contribution >= 4 is 5.91 Å². The van der Waals surface area contributed by atoms with Crippen LogP contribution in [0, 0.1) is 17.1 Å². The van der Waals surface area contributed by atoms with Crippen LogP contribution in [0.4, 0.5) is 4.39 Å². The zero-order valence-electron chi connectivity index (χ0n) is 12.4. The average molecular weight is 303 g/mol. The van der Waals surface area contributed by atoms with Gasteiger partial charge in [-0.2, -0.15) is 5.26 Å². The van der Waals surface area contributed by atoms with Gasteiger partial charge in [-0.25, -0.2) is 4.39 Å². The van der Waals surface area contributed by atoms with Crippen molar-refractivity contribution in [1.82, 2.24) is 10.2 Å². The van der Waals surface area contributed by atoms with E-state index in [2.05, 4.69) is 10.2 Å². The molecule has 0 bridgehead atoms. The molecule has 2 fully saturated rings. The van der Waals surface area contributed by atoms with Crippen molar-refractivity contribution in [3.05, 3.63) is 35.1 Å². The van der Waals surface area contributed by atoms with Crippen molar-refractivity contribution in [2.45, 2.75) is 31.5 Å². The first-order valence-electron chi connectivity index (χ1n) is 7.43. The molecule has 1 N–H and O–H groups in total. The zero-order chi connectivity index (χ0) is 15.7. The van der Waals surface area contributed by atoms with Gasteiger partial charge in [-0.3, -0.25) is 9.69 Å². The smallest absolute Gasteiger partial charge is 0.254 e. The highest BCUT2D eigenvalue weighted by atomic mass is 19.1. The summed E-state index contributed by atoms with van der Waals surface area (Å²) < 4.78 is 19.5. The Balaban J connectivity index is 1.64. The molecule has 5 nitrogen and oxygen atoms in total. The molecule has 0 saturated carbocycles. The van der Waals surface area contributed by atoms with E-state index >= 15 is 0 Å². The molecule has 2 saturated heterocycles. The van der Waals surface area contributed by atoms with Crippen molar-refractivity contribution in [2.24, 2.45) is 0 Å². The Morgan fingerprint density at radius 2 is 2.32 bits per heavy atom. The van der Waals surface area contributed by atoms with Gasteiger partial charge in [0.2, 0.25) is 0 Å². The number of amides is 1. The molecule has 116 valence electrons. The molecule has 1 amide bonds. The molecule has 0 unspecified atom stereocenters. The maximum atomic E-state index is 13.9. The summed E-state index contributed by atoms with van der Waals surface area (Å²) in [5.74, 6) is -1.09. The quantitative estimate of drug-likeness (QED) is 0.894. The van der Waals surface area contributed by atoms with Crippen LogP contribution in [-0.2, 0) is 4.74 Å². The van der Waals surface area contributed by atoms with E-state index in [1.54, 1.807) is 0 Å². The van der Waals surface area contributed by atoms with Crippen molar-refractivity contribution in [3.63, 3.8) is 0 Å². The molecule has 0 radical (unpaired) electrons. The first kappa shape index (κ1) is 14.9. The van der Waals surface area contributed by atoms with Gasteiger partial charge in [-0.05, 0) is 31.5 Å². The number of ether oxygens (including phenoxy) is 1. The fourth-order valence-corrected chi connectivity index (χ4v) is 3.18. The predicted molar refractivity (Wildman–Crippen MR) is 77.8 cm³/mol. The minimum absolute atomic E-state index is 0.00134. The summed E-state index contributed by atoms with van der Waals surface area (Å²) in [6.45, 7) is 4.34. The van der Waals surface area contributed by atoms with E-state index in [4.69, 9.17) is 10.00 Å². The highest BCUT2D eigenvalue weighted by molar-refractivity contribution is 5.94. The summed E-state index contributed by atoms with van der Waals surface area (Å²) in [4.78, 5) is 14.5. The molecule has 3 atom stereocenters. The van der Waals surface area contributed by atoms with Crippen LogP contribution in [0.2, 0.25) is 0 Å². The minimum Gasteiger partial charge on any atom is -0.376 e. The van der Waals surface area contributed by atoms with E-state index in [0.29, 0.717) is 12.6 Å². The van der Waals surface area contributed by atoms with Crippen molar-refractivity contribution in [1.29, 1.82) is 5.26 Å². The van der Waals surface area contributed by atoms with Gasteiger partial charge in [0.05, 0.1) is 29.9 Å². The third-order valence-corrected chi connectivity index (χ3v) is 4.27. The second kappa shape index (κ2) is 6.03. The summed E-state index contributed by atoms with van der Waals surface area (Å²) in [7, 11) is 0. The number of rotatable bonds is 2. The van der Waals surface area contributed by atoms with Crippen LogP contribution < -0.4 is 5.32 Å². The monoisotopic (exact) mass is 303 g/mol. The van der Waals surface area contributed by atoms with Crippen molar-refractivity contribution in [3.8, 4) is 6.07 Å². The molecule has 2 heterocycles. The van der Waals surface area contributed by atoms with Crippen molar-refractivity contribution in [2.75, 3.05) is 19.7 Å². The molecule has 1 aromatic carbocycles. The molecular weight excluding hydrogens is 285 g/mol. The largest absolute Gasteiger partial charge is 0.376 e. The third kappa shape index (κ3) is 2.96. The standard InChI is InChI=1S/C16H18FN3O2/c1-10-7-20-8-12(5-13(20)9-22-10)19-16(21)14-3-2-11(6-18)4-15(14)17/h2-4,10,12-13H,5,7-9H2,1H3,(H,19,21)/t10-,12+,13+/m1/s1. The highest BCUT2D eigenvalue weighted by Gasteiger charge is 2.36. The third-order valence-electron chi connectivity index (χ3n) is 4.27. The molecule has 2 aliphatic rings. The number of hydrogen-bond acceptors (Lipinski definition) is 4. The van der Waals surface area contributed by atoms with E-state index in [1.165, 1.54) is 12.1 Å².